The van der Waals surface area contributed by atoms with Crippen LogP contribution in [-0.2, 0) is 9.53 Å². The Labute approximate surface area is 104 Å². The summed E-state index contributed by atoms with van der Waals surface area (Å²) in [6, 6.07) is 5.81. The van der Waals surface area contributed by atoms with E-state index < -0.39 is 10.9 Å². The maximum absolute atomic E-state index is 10.7. The minimum Gasteiger partial charge on any atom is -0.493 e. The molecule has 0 aliphatic heterocycles. The lowest BCUT2D eigenvalue weighted by Crippen LogP contribution is -1.97. The minimum atomic E-state index is -0.469. The van der Waals surface area contributed by atoms with Crippen molar-refractivity contribution in [1.29, 1.82) is 0 Å². The number of carbonyl (C=O) groups excluding carboxylic acids is 1. The molecule has 0 amide bonds. The van der Waals surface area contributed by atoms with Gasteiger partial charge in [0.15, 0.2) is 0 Å². The highest BCUT2D eigenvalue weighted by Gasteiger charge is 2.03. The third kappa shape index (κ3) is 4.65. The smallest absolute Gasteiger partial charge is 0.330 e. The number of rotatable bonds is 6. The minimum absolute atomic E-state index is 0.0212. The number of hydrogen-bond acceptors (Lipinski definition) is 5. The summed E-state index contributed by atoms with van der Waals surface area (Å²) in [6.07, 6.45) is 3.50. The van der Waals surface area contributed by atoms with Crippen molar-refractivity contribution >= 4 is 11.7 Å². The van der Waals surface area contributed by atoms with E-state index in [-0.39, 0.29) is 5.69 Å². The van der Waals surface area contributed by atoms with Crippen LogP contribution in [0.4, 0.5) is 5.69 Å². The first-order valence-corrected chi connectivity index (χ1v) is 5.25. The second-order valence-electron chi connectivity index (χ2n) is 3.31. The molecule has 0 bridgehead atoms. The molecule has 0 aliphatic rings. The molecular weight excluding hydrogens is 238 g/mol. The number of ether oxygens (including phenoxy) is 2. The predicted octanol–water partition coefficient (Wildman–Crippen LogP) is 2.09. The van der Waals surface area contributed by atoms with E-state index >= 15 is 0 Å². The van der Waals surface area contributed by atoms with E-state index in [2.05, 4.69) is 4.74 Å². The number of methoxy groups -OCH3 is 1. The molecule has 0 saturated heterocycles. The van der Waals surface area contributed by atoms with Gasteiger partial charge < -0.3 is 9.47 Å². The van der Waals surface area contributed by atoms with Gasteiger partial charge in [0.25, 0.3) is 5.69 Å². The Hall–Kier alpha value is -2.37. The van der Waals surface area contributed by atoms with Gasteiger partial charge in [-0.2, -0.15) is 0 Å². The summed E-state index contributed by atoms with van der Waals surface area (Å²) in [5.41, 5.74) is 0.0212. The van der Waals surface area contributed by atoms with Gasteiger partial charge in [0, 0.05) is 18.2 Å². The number of nitro benzene ring substituents is 1. The lowest BCUT2D eigenvalue weighted by Gasteiger charge is -2.03. The Morgan fingerprint density at radius 2 is 2.06 bits per heavy atom. The van der Waals surface area contributed by atoms with Crippen LogP contribution in [0.5, 0.6) is 5.75 Å². The van der Waals surface area contributed by atoms with E-state index in [1.165, 1.54) is 37.5 Å². The Morgan fingerprint density at radius 3 is 2.61 bits per heavy atom. The highest BCUT2D eigenvalue weighted by molar-refractivity contribution is 5.81. The van der Waals surface area contributed by atoms with Crippen LogP contribution >= 0.6 is 0 Å². The average molecular weight is 251 g/mol. The molecule has 1 rings (SSSR count). The summed E-state index contributed by atoms with van der Waals surface area (Å²) >= 11 is 0. The van der Waals surface area contributed by atoms with Crippen molar-refractivity contribution in [3.63, 3.8) is 0 Å². The maximum atomic E-state index is 10.7. The van der Waals surface area contributed by atoms with Crippen molar-refractivity contribution in [3.05, 3.63) is 46.5 Å². The van der Waals surface area contributed by atoms with Crippen molar-refractivity contribution in [2.45, 2.75) is 6.42 Å². The molecule has 0 unspecified atom stereocenters. The molecule has 0 fully saturated rings. The van der Waals surface area contributed by atoms with Crippen molar-refractivity contribution in [3.8, 4) is 5.75 Å². The molecule has 1 aromatic carbocycles. The number of hydrogen-bond donors (Lipinski definition) is 0. The molecule has 96 valence electrons. The zero-order valence-corrected chi connectivity index (χ0v) is 9.87. The van der Waals surface area contributed by atoms with Crippen molar-refractivity contribution in [2.24, 2.45) is 0 Å². The van der Waals surface area contributed by atoms with Gasteiger partial charge in [-0.3, -0.25) is 10.1 Å². The monoisotopic (exact) mass is 251 g/mol. The standard InChI is InChI=1S/C12H13NO5/c1-17-12(14)4-2-3-9-18-11-7-5-10(6-8-11)13(15)16/h2,4-8H,3,9H2,1H3/b4-2+. The lowest BCUT2D eigenvalue weighted by atomic mass is 10.3. The van der Waals surface area contributed by atoms with Crippen molar-refractivity contribution < 1.29 is 19.2 Å². The number of non-ortho nitro benzene ring substituents is 1. The molecule has 0 aromatic heterocycles. The molecule has 0 heterocycles. The quantitative estimate of drug-likeness (QED) is 0.254. The van der Waals surface area contributed by atoms with Crippen LogP contribution in [-0.4, -0.2) is 24.6 Å². The van der Waals surface area contributed by atoms with E-state index in [9.17, 15) is 14.9 Å². The summed E-state index contributed by atoms with van der Waals surface area (Å²) in [5, 5.41) is 10.4. The molecular formula is C12H13NO5. The summed E-state index contributed by atoms with van der Waals surface area (Å²) in [7, 11) is 1.31. The van der Waals surface area contributed by atoms with Crippen molar-refractivity contribution in [1.82, 2.24) is 0 Å². The largest absolute Gasteiger partial charge is 0.493 e. The van der Waals surface area contributed by atoms with E-state index in [4.69, 9.17) is 4.74 Å². The molecule has 6 heteroatoms. The van der Waals surface area contributed by atoms with Crippen LogP contribution in [0.15, 0.2) is 36.4 Å². The van der Waals surface area contributed by atoms with Crippen LogP contribution in [0.1, 0.15) is 6.42 Å². The van der Waals surface area contributed by atoms with Gasteiger partial charge in [-0.1, -0.05) is 6.08 Å². The van der Waals surface area contributed by atoms with Gasteiger partial charge in [-0.15, -0.1) is 0 Å². The van der Waals surface area contributed by atoms with Gasteiger partial charge >= 0.3 is 5.97 Å². The third-order valence-corrected chi connectivity index (χ3v) is 2.06. The Kier molecular flexibility index (Phi) is 5.37. The zero-order chi connectivity index (χ0) is 13.4. The van der Waals surface area contributed by atoms with E-state index in [1.54, 1.807) is 6.08 Å². The number of esters is 1. The first kappa shape index (κ1) is 13.7. The molecule has 0 radical (unpaired) electrons. The molecule has 0 N–H and O–H groups in total. The van der Waals surface area contributed by atoms with Gasteiger partial charge in [0.05, 0.1) is 18.6 Å². The topological polar surface area (TPSA) is 78.7 Å². The van der Waals surface area contributed by atoms with Crippen molar-refractivity contribution in [2.75, 3.05) is 13.7 Å². The SMILES string of the molecule is COC(=O)/C=C/CCOc1ccc([N+](=O)[O-])cc1. The summed E-state index contributed by atoms with van der Waals surface area (Å²) in [5.74, 6) is 0.136. The van der Waals surface area contributed by atoms with E-state index in [0.717, 1.165) is 0 Å². The molecule has 1 aromatic rings. The summed E-state index contributed by atoms with van der Waals surface area (Å²) < 4.78 is 9.75. The second kappa shape index (κ2) is 7.05. The number of nitro groups is 1. The fourth-order valence-corrected chi connectivity index (χ4v) is 1.16. The molecule has 0 spiro atoms. The fourth-order valence-electron chi connectivity index (χ4n) is 1.16. The lowest BCUT2D eigenvalue weighted by molar-refractivity contribution is -0.384. The maximum Gasteiger partial charge on any atom is 0.330 e. The van der Waals surface area contributed by atoms with Crippen LogP contribution in [0.2, 0.25) is 0 Å². The summed E-state index contributed by atoms with van der Waals surface area (Å²) in [4.78, 5) is 20.7. The summed E-state index contributed by atoms with van der Waals surface area (Å²) in [6.45, 7) is 0.380. The number of carbonyl (C=O) groups is 1. The first-order valence-electron chi connectivity index (χ1n) is 5.25. The Morgan fingerprint density at radius 1 is 1.39 bits per heavy atom. The van der Waals surface area contributed by atoms with Gasteiger partial charge in [0.1, 0.15) is 5.75 Å². The second-order valence-corrected chi connectivity index (χ2v) is 3.31. The van der Waals surface area contributed by atoms with Crippen LogP contribution in [0.3, 0.4) is 0 Å². The molecule has 0 aliphatic carbocycles. The highest BCUT2D eigenvalue weighted by atomic mass is 16.6. The highest BCUT2D eigenvalue weighted by Crippen LogP contribution is 2.17. The molecule has 6 nitrogen and oxygen atoms in total. The Bertz CT molecular complexity index is 438. The third-order valence-electron chi connectivity index (χ3n) is 2.06. The van der Waals surface area contributed by atoms with Crippen LogP contribution in [0.25, 0.3) is 0 Å². The predicted molar refractivity (Wildman–Crippen MR) is 64.4 cm³/mol. The van der Waals surface area contributed by atoms with Crippen LogP contribution in [0, 0.1) is 10.1 Å². The van der Waals surface area contributed by atoms with Crippen LogP contribution < -0.4 is 4.74 Å². The molecule has 0 atom stereocenters. The average Bonchev–Trinajstić information content (AvgIpc) is 2.38. The zero-order valence-electron chi connectivity index (χ0n) is 9.87. The molecule has 0 saturated carbocycles. The number of benzene rings is 1. The van der Waals surface area contributed by atoms with Gasteiger partial charge in [-0.25, -0.2) is 4.79 Å². The van der Waals surface area contributed by atoms with Gasteiger partial charge in [0.2, 0.25) is 0 Å². The van der Waals surface area contributed by atoms with Gasteiger partial charge in [-0.05, 0) is 18.6 Å². The van der Waals surface area contributed by atoms with E-state index in [0.29, 0.717) is 18.8 Å². The number of nitrogens with zero attached hydrogens (tertiary/aromatic N) is 1. The first-order chi connectivity index (χ1) is 8.63. The molecule has 18 heavy (non-hydrogen) atoms. The fraction of sp³-hybridized carbons (Fsp3) is 0.250. The normalized spacial score (nSPS) is 10.3. The Balaban J connectivity index is 2.33. The van der Waals surface area contributed by atoms with E-state index in [1.807, 2.05) is 0 Å².